The molecular formula is C33H58N8O15S4. The van der Waals surface area contributed by atoms with Crippen LogP contribution < -0.4 is 22.1 Å². The van der Waals surface area contributed by atoms with E-state index >= 15 is 0 Å². The Hall–Kier alpha value is -1.73. The Labute approximate surface area is 353 Å². The molecule has 0 aromatic carbocycles. The molecule has 23 nitrogen and oxygen atoms in total. The van der Waals surface area contributed by atoms with Crippen molar-refractivity contribution in [1.29, 1.82) is 0 Å². The first kappa shape index (κ1) is 47.7. The van der Waals surface area contributed by atoms with Crippen molar-refractivity contribution in [3.8, 4) is 0 Å². The quantitative estimate of drug-likeness (QED) is 0.0429. The van der Waals surface area contributed by atoms with Gasteiger partial charge in [-0.2, -0.15) is 45.7 Å². The van der Waals surface area contributed by atoms with E-state index in [1.807, 2.05) is 0 Å². The summed E-state index contributed by atoms with van der Waals surface area (Å²) in [5.41, 5.74) is 12.8. The summed E-state index contributed by atoms with van der Waals surface area (Å²) in [4.78, 5) is 13.2. The van der Waals surface area contributed by atoms with Crippen LogP contribution in [0, 0.1) is 23.7 Å². The van der Waals surface area contributed by atoms with Crippen LogP contribution in [-0.2, 0) is 39.7 Å². The van der Waals surface area contributed by atoms with Crippen LogP contribution in [-0.4, -0.2) is 142 Å². The molecule has 18 unspecified atom stereocenters. The molecule has 0 spiro atoms. The van der Waals surface area contributed by atoms with Crippen LogP contribution in [0.2, 0.25) is 0 Å². The van der Waals surface area contributed by atoms with Crippen LogP contribution in [0.3, 0.4) is 0 Å². The van der Waals surface area contributed by atoms with Crippen LogP contribution in [0.5, 0.6) is 0 Å². The molecular weight excluding hydrogens is 877 g/mol. The number of hydrogen-bond acceptors (Lipinski definition) is 19. The zero-order valence-corrected chi connectivity index (χ0v) is 36.0. The summed E-state index contributed by atoms with van der Waals surface area (Å²) >= 11 is 0.907. The molecule has 344 valence electrons. The average molecular weight is 935 g/mol. The number of aliphatic hydroxyl groups excluding tert-OH is 2. The number of rotatable bonds is 12. The van der Waals surface area contributed by atoms with E-state index < -0.39 is 119 Å². The molecule has 2 amide bonds. The number of hydrogen-bond donors (Lipinski definition) is 10. The van der Waals surface area contributed by atoms with Gasteiger partial charge in [-0.25, -0.2) is 10.1 Å². The molecule has 0 saturated heterocycles. The predicted octanol–water partition coefficient (Wildman–Crippen LogP) is 0.993. The van der Waals surface area contributed by atoms with Gasteiger partial charge >= 0.3 is 6.03 Å². The first-order valence-corrected chi connectivity index (χ1v) is 25.7. The number of fused-ring (bicyclic) bond motifs is 2. The summed E-state index contributed by atoms with van der Waals surface area (Å²) in [6.07, 6.45) is 1.38. The summed E-state index contributed by atoms with van der Waals surface area (Å²) in [5.74, 6) is -1.24. The minimum Gasteiger partial charge on any atom is -0.393 e. The van der Waals surface area contributed by atoms with Crippen molar-refractivity contribution in [2.45, 2.75) is 171 Å². The third-order valence-electron chi connectivity index (χ3n) is 13.8. The summed E-state index contributed by atoms with van der Waals surface area (Å²) in [7, 11) is -13.8. The maximum atomic E-state index is 13.2. The van der Waals surface area contributed by atoms with Crippen molar-refractivity contribution in [3.63, 3.8) is 0 Å². The minimum atomic E-state index is -4.71. The van der Waals surface area contributed by atoms with Gasteiger partial charge in [0.05, 0.1) is 41.6 Å². The third-order valence-corrected chi connectivity index (χ3v) is 18.4. The second-order valence-electron chi connectivity index (χ2n) is 17.6. The fourth-order valence-corrected chi connectivity index (χ4v) is 14.7. The molecule has 0 heterocycles. The van der Waals surface area contributed by atoms with E-state index in [1.165, 1.54) is 0 Å². The van der Waals surface area contributed by atoms with Gasteiger partial charge in [-0.3, -0.25) is 13.7 Å². The van der Waals surface area contributed by atoms with Crippen molar-refractivity contribution in [1.82, 2.24) is 10.6 Å². The second kappa shape index (κ2) is 19.6. The second-order valence-corrected chi connectivity index (χ2v) is 23.5. The molecule has 6 aliphatic rings. The molecule has 0 bridgehead atoms. The highest BCUT2D eigenvalue weighted by Gasteiger charge is 2.50. The van der Waals surface area contributed by atoms with Crippen molar-refractivity contribution in [3.05, 3.63) is 0 Å². The standard InChI is InChI=1S/C33H58N8O15S4/c34-21-5-1-15-9-19(57-56-55-45)13-25(42)29(15)31(21)40-38-23-7-3-17(11-27(23)59(49,50)51)36-33(44)37-18-4-8-24(28(12-18)60(52,53)54)39-41-32-22(35)6-2-16-10-20(58(46,47)48)14-26(43)30(16)32/h15-32,42-43,45H,1-14,34-35H2,(H2,36,37,44)(H,46,47,48)(H,49,50,51)(H,52,53,54). The molecule has 6 aliphatic carbocycles. The van der Waals surface area contributed by atoms with Gasteiger partial charge in [0.15, 0.2) is 0 Å². The Balaban J connectivity index is 1.04. The molecule has 6 saturated carbocycles. The van der Waals surface area contributed by atoms with Crippen molar-refractivity contribution < 1.29 is 68.5 Å². The minimum absolute atomic E-state index is 0.00799. The van der Waals surface area contributed by atoms with Crippen LogP contribution in [0.4, 0.5) is 4.79 Å². The first-order valence-electron chi connectivity index (χ1n) is 20.4. The molecule has 0 aromatic heterocycles. The van der Waals surface area contributed by atoms with Gasteiger partial charge < -0.3 is 32.3 Å². The Morgan fingerprint density at radius 3 is 1.52 bits per heavy atom. The maximum Gasteiger partial charge on any atom is 0.315 e. The Bertz CT molecular complexity index is 1900. The number of nitrogens with one attached hydrogen (secondary N) is 2. The highest BCUT2D eigenvalue weighted by molar-refractivity contribution is 7.95. The lowest BCUT2D eigenvalue weighted by Gasteiger charge is -2.46. The molecule has 60 heavy (non-hydrogen) atoms. The average Bonchev–Trinajstić information content (AvgIpc) is 3.16. The van der Waals surface area contributed by atoms with Crippen LogP contribution in [0.15, 0.2) is 20.5 Å². The molecule has 12 N–H and O–H groups in total. The number of nitrogens with two attached hydrogens (primary N) is 2. The number of carbonyl (C=O) groups is 1. The number of azo groups is 2. The highest BCUT2D eigenvalue weighted by atomic mass is 32.2. The third kappa shape index (κ3) is 11.5. The van der Waals surface area contributed by atoms with Crippen molar-refractivity contribution in [2.24, 2.45) is 55.6 Å². The van der Waals surface area contributed by atoms with Crippen molar-refractivity contribution in [2.75, 3.05) is 0 Å². The van der Waals surface area contributed by atoms with Gasteiger partial charge in [-0.1, -0.05) is 5.04 Å². The maximum absolute atomic E-state index is 13.2. The lowest BCUT2D eigenvalue weighted by molar-refractivity contribution is -0.432. The fraction of sp³-hybridized carbons (Fsp3) is 0.970. The zero-order valence-electron chi connectivity index (χ0n) is 32.7. The van der Waals surface area contributed by atoms with Crippen LogP contribution in [0.25, 0.3) is 0 Å². The van der Waals surface area contributed by atoms with E-state index in [9.17, 15) is 53.9 Å². The van der Waals surface area contributed by atoms with Gasteiger partial charge in [-0.15, -0.1) is 4.33 Å². The fourth-order valence-electron chi connectivity index (χ4n) is 10.9. The molecule has 0 aliphatic heterocycles. The largest absolute Gasteiger partial charge is 0.393 e. The van der Waals surface area contributed by atoms with Gasteiger partial charge in [0.1, 0.15) is 10.5 Å². The topological polar surface area (TPSA) is 385 Å². The predicted molar refractivity (Wildman–Crippen MR) is 213 cm³/mol. The Kier molecular flexibility index (Phi) is 15.6. The Morgan fingerprint density at radius 1 is 0.600 bits per heavy atom. The zero-order chi connectivity index (χ0) is 43.7. The van der Waals surface area contributed by atoms with E-state index in [0.29, 0.717) is 32.1 Å². The van der Waals surface area contributed by atoms with E-state index in [4.69, 9.17) is 16.7 Å². The normalized spacial score (nSPS) is 43.3. The van der Waals surface area contributed by atoms with Gasteiger partial charge in [0.25, 0.3) is 30.4 Å². The van der Waals surface area contributed by atoms with Crippen molar-refractivity contribution >= 4 is 48.4 Å². The highest BCUT2D eigenvalue weighted by Crippen LogP contribution is 2.46. The summed E-state index contributed by atoms with van der Waals surface area (Å²) in [6, 6.07) is -6.56. The van der Waals surface area contributed by atoms with Gasteiger partial charge in [0, 0.05) is 53.3 Å². The SMILES string of the molecule is NC1CCC2CC(SOOO)CC(O)C2C1N=NC1CCC(NC(=O)NC2CCC(N=NC3C(N)CCC4CC(S(=O)(=O)O)CC(O)C43)C(S(=O)(=O)O)C2)CC1S(=O)(=O)O. The number of carbonyl (C=O) groups excluding carboxylic acids is 1. The summed E-state index contributed by atoms with van der Waals surface area (Å²) in [6.45, 7) is 0. The van der Waals surface area contributed by atoms with E-state index in [2.05, 4.69) is 40.5 Å². The molecule has 6 rings (SSSR count). The van der Waals surface area contributed by atoms with Gasteiger partial charge in [0.2, 0.25) is 0 Å². The van der Waals surface area contributed by atoms with E-state index in [0.717, 1.165) is 18.5 Å². The van der Waals surface area contributed by atoms with E-state index in [-0.39, 0.29) is 74.4 Å². The molecule has 6 fully saturated rings. The Morgan fingerprint density at radius 2 is 1.07 bits per heavy atom. The number of aliphatic hydroxyl groups is 2. The lowest BCUT2D eigenvalue weighted by Crippen LogP contribution is -2.55. The monoisotopic (exact) mass is 934 g/mol. The molecule has 27 heteroatoms. The number of urea groups is 1. The van der Waals surface area contributed by atoms with Gasteiger partial charge in [-0.05, 0) is 102 Å². The van der Waals surface area contributed by atoms with E-state index in [1.54, 1.807) is 0 Å². The first-order chi connectivity index (χ1) is 28.1. The lowest BCUT2D eigenvalue weighted by atomic mass is 9.65. The van der Waals surface area contributed by atoms with Crippen LogP contribution >= 0.6 is 12.0 Å². The summed E-state index contributed by atoms with van der Waals surface area (Å²) < 4.78 is 109. The molecule has 0 radical (unpaired) electrons. The summed E-state index contributed by atoms with van der Waals surface area (Å²) in [5, 5.41) is 53.0. The number of nitrogens with zero attached hydrogens (tertiary/aromatic N) is 4. The molecule has 0 aromatic rings. The smallest absolute Gasteiger partial charge is 0.315 e. The number of amides is 2. The molecule has 18 atom stereocenters. The van der Waals surface area contributed by atoms with Crippen LogP contribution in [0.1, 0.15) is 89.9 Å².